The Hall–Kier alpha value is -1.71. The molecule has 1 aromatic rings. The molecule has 1 unspecified atom stereocenters. The van der Waals surface area contributed by atoms with Gasteiger partial charge in [0.05, 0.1) is 6.54 Å². The van der Waals surface area contributed by atoms with E-state index in [1.807, 2.05) is 31.2 Å². The first-order chi connectivity index (χ1) is 8.20. The molecule has 0 saturated heterocycles. The summed E-state index contributed by atoms with van der Waals surface area (Å²) in [6.45, 7) is 2.89. The Bertz CT molecular complexity index is 405. The van der Waals surface area contributed by atoms with Crippen molar-refractivity contribution in [1.82, 2.24) is 4.90 Å². The number of hydrogen-bond donors (Lipinski definition) is 0. The molecule has 4 heteroatoms. The molecule has 92 valence electrons. The number of hydrogen-bond acceptors (Lipinski definition) is 3. The summed E-state index contributed by atoms with van der Waals surface area (Å²) in [7, 11) is 1.79. The topological polar surface area (TPSA) is 38.8 Å². The SMILES string of the molecule is CCC(=O)N(C)CC1COc2ccccc2O1. The molecule has 0 saturated carbocycles. The zero-order chi connectivity index (χ0) is 12.3. The minimum absolute atomic E-state index is 0.0922. The molecule has 1 heterocycles. The lowest BCUT2D eigenvalue weighted by Gasteiger charge is -2.29. The van der Waals surface area contributed by atoms with Crippen molar-refractivity contribution in [3.63, 3.8) is 0 Å². The molecular weight excluding hydrogens is 218 g/mol. The molecule has 1 aliphatic heterocycles. The van der Waals surface area contributed by atoms with Crippen molar-refractivity contribution in [3.05, 3.63) is 24.3 Å². The molecule has 1 aromatic carbocycles. The number of fused-ring (bicyclic) bond motifs is 1. The van der Waals surface area contributed by atoms with E-state index < -0.39 is 0 Å². The van der Waals surface area contributed by atoms with Crippen LogP contribution in [0.3, 0.4) is 0 Å². The average Bonchev–Trinajstić information content (AvgIpc) is 2.37. The Kier molecular flexibility index (Phi) is 3.52. The quantitative estimate of drug-likeness (QED) is 0.800. The molecule has 1 atom stereocenters. The Morgan fingerprint density at radius 1 is 1.41 bits per heavy atom. The van der Waals surface area contributed by atoms with Gasteiger partial charge in [-0.15, -0.1) is 0 Å². The number of carbonyl (C=O) groups excluding carboxylic acids is 1. The zero-order valence-corrected chi connectivity index (χ0v) is 10.2. The summed E-state index contributed by atoms with van der Waals surface area (Å²) in [5.41, 5.74) is 0. The lowest BCUT2D eigenvalue weighted by atomic mass is 10.2. The second-order valence-electron chi connectivity index (χ2n) is 4.13. The van der Waals surface area contributed by atoms with E-state index in [1.165, 1.54) is 0 Å². The minimum Gasteiger partial charge on any atom is -0.486 e. The predicted molar refractivity (Wildman–Crippen MR) is 64.3 cm³/mol. The molecule has 0 bridgehead atoms. The third kappa shape index (κ3) is 2.70. The fourth-order valence-electron chi connectivity index (χ4n) is 1.83. The van der Waals surface area contributed by atoms with Crippen LogP contribution >= 0.6 is 0 Å². The molecule has 1 amide bonds. The summed E-state index contributed by atoms with van der Waals surface area (Å²) in [5, 5.41) is 0. The van der Waals surface area contributed by atoms with Gasteiger partial charge in [-0.25, -0.2) is 0 Å². The molecule has 0 radical (unpaired) electrons. The Morgan fingerprint density at radius 3 is 2.82 bits per heavy atom. The van der Waals surface area contributed by atoms with Gasteiger partial charge in [0.15, 0.2) is 17.6 Å². The van der Waals surface area contributed by atoms with Crippen LogP contribution in [0.15, 0.2) is 24.3 Å². The molecule has 2 rings (SSSR count). The van der Waals surface area contributed by atoms with Crippen molar-refractivity contribution in [1.29, 1.82) is 0 Å². The fourth-order valence-corrected chi connectivity index (χ4v) is 1.83. The highest BCUT2D eigenvalue weighted by Crippen LogP contribution is 2.30. The van der Waals surface area contributed by atoms with E-state index in [2.05, 4.69) is 0 Å². The van der Waals surface area contributed by atoms with Crippen LogP contribution in [-0.2, 0) is 4.79 Å². The maximum Gasteiger partial charge on any atom is 0.222 e. The van der Waals surface area contributed by atoms with Crippen LogP contribution in [0.2, 0.25) is 0 Å². The van der Waals surface area contributed by atoms with Gasteiger partial charge in [-0.1, -0.05) is 19.1 Å². The lowest BCUT2D eigenvalue weighted by Crippen LogP contribution is -2.41. The average molecular weight is 235 g/mol. The Morgan fingerprint density at radius 2 is 2.12 bits per heavy atom. The first-order valence-corrected chi connectivity index (χ1v) is 5.83. The molecule has 0 fully saturated rings. The molecule has 0 N–H and O–H groups in total. The number of nitrogens with zero attached hydrogens (tertiary/aromatic N) is 1. The number of rotatable bonds is 3. The van der Waals surface area contributed by atoms with E-state index in [4.69, 9.17) is 9.47 Å². The fraction of sp³-hybridized carbons (Fsp3) is 0.462. The van der Waals surface area contributed by atoms with Gasteiger partial charge in [0.25, 0.3) is 0 Å². The zero-order valence-electron chi connectivity index (χ0n) is 10.2. The maximum absolute atomic E-state index is 11.5. The van der Waals surface area contributed by atoms with Crippen LogP contribution in [0.4, 0.5) is 0 Å². The number of likely N-dealkylation sites (N-methyl/N-ethyl adjacent to an activating group) is 1. The summed E-state index contributed by atoms with van der Waals surface area (Å²) in [6, 6.07) is 7.58. The van der Waals surface area contributed by atoms with E-state index in [-0.39, 0.29) is 12.0 Å². The van der Waals surface area contributed by atoms with Crippen LogP contribution < -0.4 is 9.47 Å². The van der Waals surface area contributed by atoms with Crippen molar-refractivity contribution in [2.24, 2.45) is 0 Å². The van der Waals surface area contributed by atoms with Gasteiger partial charge in [-0.05, 0) is 12.1 Å². The van der Waals surface area contributed by atoms with Crippen LogP contribution in [0, 0.1) is 0 Å². The first kappa shape index (κ1) is 11.8. The van der Waals surface area contributed by atoms with Gasteiger partial charge in [0.1, 0.15) is 6.61 Å². The van der Waals surface area contributed by atoms with Crippen LogP contribution in [-0.4, -0.2) is 37.1 Å². The van der Waals surface area contributed by atoms with Crippen LogP contribution in [0.5, 0.6) is 11.5 Å². The van der Waals surface area contributed by atoms with Gasteiger partial charge in [0, 0.05) is 13.5 Å². The highest BCUT2D eigenvalue weighted by Gasteiger charge is 2.22. The first-order valence-electron chi connectivity index (χ1n) is 5.83. The third-order valence-electron chi connectivity index (χ3n) is 2.77. The van der Waals surface area contributed by atoms with Gasteiger partial charge in [-0.3, -0.25) is 4.79 Å². The summed E-state index contributed by atoms with van der Waals surface area (Å²) in [5.74, 6) is 1.64. The monoisotopic (exact) mass is 235 g/mol. The van der Waals surface area contributed by atoms with Gasteiger partial charge in [0.2, 0.25) is 5.91 Å². The normalized spacial score (nSPS) is 17.6. The summed E-state index contributed by atoms with van der Waals surface area (Å²) in [6.07, 6.45) is 0.422. The number of carbonyl (C=O) groups is 1. The Labute approximate surface area is 101 Å². The summed E-state index contributed by atoms with van der Waals surface area (Å²) >= 11 is 0. The predicted octanol–water partition coefficient (Wildman–Crippen LogP) is 1.69. The molecule has 0 aliphatic carbocycles. The minimum atomic E-state index is -0.0922. The van der Waals surface area contributed by atoms with Crippen LogP contribution in [0.25, 0.3) is 0 Å². The largest absolute Gasteiger partial charge is 0.486 e. The molecular formula is C13H17NO3. The number of ether oxygens (including phenoxy) is 2. The molecule has 17 heavy (non-hydrogen) atoms. The van der Waals surface area contributed by atoms with Crippen molar-refractivity contribution in [2.75, 3.05) is 20.2 Å². The maximum atomic E-state index is 11.5. The standard InChI is InChI=1S/C13H17NO3/c1-3-13(15)14(2)8-10-9-16-11-6-4-5-7-12(11)17-10/h4-7,10H,3,8-9H2,1-2H3. The third-order valence-corrected chi connectivity index (χ3v) is 2.77. The van der Waals surface area contributed by atoms with Crippen molar-refractivity contribution < 1.29 is 14.3 Å². The lowest BCUT2D eigenvalue weighted by molar-refractivity contribution is -0.130. The highest BCUT2D eigenvalue weighted by atomic mass is 16.6. The van der Waals surface area contributed by atoms with Crippen molar-refractivity contribution in [2.45, 2.75) is 19.4 Å². The van der Waals surface area contributed by atoms with Crippen molar-refractivity contribution >= 4 is 5.91 Å². The summed E-state index contributed by atoms with van der Waals surface area (Å²) in [4.78, 5) is 13.1. The van der Waals surface area contributed by atoms with Crippen molar-refractivity contribution in [3.8, 4) is 11.5 Å². The van der Waals surface area contributed by atoms with Gasteiger partial charge >= 0.3 is 0 Å². The summed E-state index contributed by atoms with van der Waals surface area (Å²) < 4.78 is 11.4. The molecule has 4 nitrogen and oxygen atoms in total. The number of para-hydroxylation sites is 2. The second kappa shape index (κ2) is 5.08. The molecule has 0 spiro atoms. The molecule has 0 aromatic heterocycles. The smallest absolute Gasteiger partial charge is 0.222 e. The second-order valence-corrected chi connectivity index (χ2v) is 4.13. The Balaban J connectivity index is 1.96. The van der Waals surface area contributed by atoms with E-state index in [1.54, 1.807) is 11.9 Å². The van der Waals surface area contributed by atoms with Crippen LogP contribution in [0.1, 0.15) is 13.3 Å². The van der Waals surface area contributed by atoms with Gasteiger partial charge < -0.3 is 14.4 Å². The van der Waals surface area contributed by atoms with E-state index in [9.17, 15) is 4.79 Å². The van der Waals surface area contributed by atoms with E-state index >= 15 is 0 Å². The number of amides is 1. The molecule has 1 aliphatic rings. The van der Waals surface area contributed by atoms with E-state index in [0.29, 0.717) is 19.6 Å². The highest BCUT2D eigenvalue weighted by molar-refractivity contribution is 5.75. The number of benzene rings is 1. The van der Waals surface area contributed by atoms with E-state index in [0.717, 1.165) is 11.5 Å². The van der Waals surface area contributed by atoms with Gasteiger partial charge in [-0.2, -0.15) is 0 Å².